The quantitative estimate of drug-likeness (QED) is 0.406. The first kappa shape index (κ1) is 17.0. The number of halogens is 1. The Balaban J connectivity index is 1.82. The average molecular weight is 354 g/mol. The maximum atomic E-state index is 14.5. The molecule has 0 atom stereocenters. The molecule has 0 spiro atoms. The van der Waals surface area contributed by atoms with E-state index in [1.54, 1.807) is 24.4 Å². The van der Waals surface area contributed by atoms with Crippen molar-refractivity contribution >= 4 is 34.8 Å². The molecule has 3 nitrogen and oxygen atoms in total. The number of pyridine rings is 2. The molecule has 2 aromatic carbocycles. The fourth-order valence-electron chi connectivity index (χ4n) is 3.01. The molecule has 0 amide bonds. The number of benzene rings is 2. The van der Waals surface area contributed by atoms with Crippen LogP contribution in [-0.4, -0.2) is 16.9 Å². The molecule has 0 saturated carbocycles. The van der Waals surface area contributed by atoms with Crippen molar-refractivity contribution in [1.82, 2.24) is 9.97 Å². The molecule has 0 aliphatic rings. The summed E-state index contributed by atoms with van der Waals surface area (Å²) in [5.41, 5.74) is 2.91. The van der Waals surface area contributed by atoms with Gasteiger partial charge in [0.05, 0.1) is 0 Å². The van der Waals surface area contributed by atoms with Gasteiger partial charge in [-0.25, -0.2) is 4.98 Å². The normalized spacial score (nSPS) is 10.6. The maximum Gasteiger partial charge on any atom is 0.431 e. The summed E-state index contributed by atoms with van der Waals surface area (Å²) in [6.07, 6.45) is 4.91. The van der Waals surface area contributed by atoms with Crippen LogP contribution in [0.3, 0.4) is 0 Å². The monoisotopic (exact) mass is 354 g/mol. The second-order valence-electron chi connectivity index (χ2n) is 6.08. The lowest BCUT2D eigenvalue weighted by Gasteiger charge is -2.18. The van der Waals surface area contributed by atoms with Crippen molar-refractivity contribution in [3.8, 4) is 5.75 Å². The molecule has 0 radical (unpaired) electrons. The van der Waals surface area contributed by atoms with Gasteiger partial charge in [-0.05, 0) is 29.2 Å². The summed E-state index contributed by atoms with van der Waals surface area (Å²) in [5, 5.41) is 0.961. The van der Waals surface area contributed by atoms with Crippen LogP contribution in [0.4, 0.5) is 4.39 Å². The van der Waals surface area contributed by atoms with Crippen LogP contribution in [0.1, 0.15) is 5.56 Å². The summed E-state index contributed by atoms with van der Waals surface area (Å²) in [7, 11) is 0. The molecule has 2 aromatic heterocycles. The molecule has 0 saturated heterocycles. The van der Waals surface area contributed by atoms with E-state index in [4.69, 9.17) is 4.65 Å². The van der Waals surface area contributed by atoms with E-state index in [1.807, 2.05) is 54.6 Å². The molecule has 0 aliphatic heterocycles. The molecule has 0 aliphatic carbocycles. The Morgan fingerprint density at radius 3 is 2.41 bits per heavy atom. The first-order valence-corrected chi connectivity index (χ1v) is 8.59. The molecule has 0 bridgehead atoms. The van der Waals surface area contributed by atoms with Crippen LogP contribution in [-0.2, 0) is 0 Å². The first-order chi connectivity index (χ1) is 13.3. The third kappa shape index (κ3) is 3.44. The predicted octanol–water partition coefficient (Wildman–Crippen LogP) is 3.60. The molecule has 0 unspecified atom stereocenters. The topological polar surface area (TPSA) is 35.0 Å². The Bertz CT molecular complexity index is 1090. The summed E-state index contributed by atoms with van der Waals surface area (Å²) in [5.74, 6) is 0.0395. The van der Waals surface area contributed by atoms with Crippen molar-refractivity contribution in [2.75, 3.05) is 0 Å². The standard InChI is InChI=1S/C22H16BFN2O/c1-2-16-10-12-18(13-11-16)23(19-8-5-15-26-22(19)24)27-20-9-3-6-17-7-4-14-25-21(17)20/h2-15H,1H2. The lowest BCUT2D eigenvalue weighted by molar-refractivity contribution is 0.573. The van der Waals surface area contributed by atoms with Gasteiger partial charge < -0.3 is 4.65 Å². The van der Waals surface area contributed by atoms with E-state index in [1.165, 1.54) is 6.20 Å². The highest BCUT2D eigenvalue weighted by molar-refractivity contribution is 6.80. The van der Waals surface area contributed by atoms with Crippen molar-refractivity contribution in [1.29, 1.82) is 0 Å². The van der Waals surface area contributed by atoms with E-state index in [2.05, 4.69) is 16.5 Å². The highest BCUT2D eigenvalue weighted by Gasteiger charge is 2.28. The zero-order chi connectivity index (χ0) is 18.6. The minimum absolute atomic E-state index is 0.372. The SMILES string of the molecule is C=Cc1ccc(B(Oc2cccc3cccnc23)c2cccnc2F)cc1. The van der Waals surface area contributed by atoms with Gasteiger partial charge >= 0.3 is 6.92 Å². The largest absolute Gasteiger partial charge is 0.550 e. The van der Waals surface area contributed by atoms with Gasteiger partial charge in [-0.3, -0.25) is 4.98 Å². The fourth-order valence-corrected chi connectivity index (χ4v) is 3.01. The van der Waals surface area contributed by atoms with Crippen molar-refractivity contribution in [3.63, 3.8) is 0 Å². The van der Waals surface area contributed by atoms with Gasteiger partial charge in [0.15, 0.2) is 0 Å². The molecule has 4 aromatic rings. The van der Waals surface area contributed by atoms with Crippen molar-refractivity contribution in [3.05, 3.63) is 97.2 Å². The Kier molecular flexibility index (Phi) is 4.66. The highest BCUT2D eigenvalue weighted by Crippen LogP contribution is 2.23. The second kappa shape index (κ2) is 7.42. The summed E-state index contributed by atoms with van der Waals surface area (Å²) in [4.78, 5) is 8.21. The van der Waals surface area contributed by atoms with Gasteiger partial charge in [0.1, 0.15) is 11.3 Å². The summed E-state index contributed by atoms with van der Waals surface area (Å²) < 4.78 is 20.8. The number of aromatic nitrogens is 2. The average Bonchev–Trinajstić information content (AvgIpc) is 2.73. The van der Waals surface area contributed by atoms with E-state index < -0.39 is 12.9 Å². The summed E-state index contributed by atoms with van der Waals surface area (Å²) in [6, 6.07) is 20.6. The van der Waals surface area contributed by atoms with E-state index >= 15 is 0 Å². The van der Waals surface area contributed by atoms with Gasteiger partial charge in [0.2, 0.25) is 5.95 Å². The maximum absolute atomic E-state index is 14.5. The number of para-hydroxylation sites is 1. The third-order valence-corrected chi connectivity index (χ3v) is 4.39. The van der Waals surface area contributed by atoms with E-state index in [0.717, 1.165) is 21.9 Å². The van der Waals surface area contributed by atoms with Crippen molar-refractivity contribution < 1.29 is 9.04 Å². The highest BCUT2D eigenvalue weighted by atomic mass is 19.1. The Labute approximate surface area is 157 Å². The second-order valence-corrected chi connectivity index (χ2v) is 6.08. The van der Waals surface area contributed by atoms with Crippen LogP contribution < -0.4 is 15.6 Å². The molecular weight excluding hydrogens is 338 g/mol. The predicted molar refractivity (Wildman–Crippen MR) is 108 cm³/mol. The molecule has 27 heavy (non-hydrogen) atoms. The summed E-state index contributed by atoms with van der Waals surface area (Å²) >= 11 is 0. The van der Waals surface area contributed by atoms with E-state index in [9.17, 15) is 4.39 Å². The van der Waals surface area contributed by atoms with Crippen LogP contribution in [0.15, 0.2) is 85.7 Å². The van der Waals surface area contributed by atoms with Gasteiger partial charge in [0.25, 0.3) is 0 Å². The lowest BCUT2D eigenvalue weighted by atomic mass is 9.55. The number of fused-ring (bicyclic) bond motifs is 1. The Hall–Kier alpha value is -3.47. The van der Waals surface area contributed by atoms with Crippen LogP contribution in [0, 0.1) is 5.95 Å². The van der Waals surface area contributed by atoms with Crippen LogP contribution in [0.5, 0.6) is 5.75 Å². The molecule has 0 N–H and O–H groups in total. The van der Waals surface area contributed by atoms with Gasteiger partial charge in [0, 0.05) is 23.2 Å². The minimum atomic E-state index is -0.648. The molecular formula is C22H16BFN2O. The molecule has 0 fully saturated rings. The van der Waals surface area contributed by atoms with Crippen LogP contribution in [0.25, 0.3) is 17.0 Å². The van der Waals surface area contributed by atoms with E-state index in [-0.39, 0.29) is 0 Å². The molecule has 130 valence electrons. The van der Waals surface area contributed by atoms with Crippen LogP contribution in [0.2, 0.25) is 0 Å². The van der Waals surface area contributed by atoms with Gasteiger partial charge in [-0.15, -0.1) is 0 Å². The molecule has 2 heterocycles. The lowest BCUT2D eigenvalue weighted by Crippen LogP contribution is -2.49. The third-order valence-electron chi connectivity index (χ3n) is 4.39. The zero-order valence-electron chi connectivity index (χ0n) is 14.5. The Morgan fingerprint density at radius 1 is 0.889 bits per heavy atom. The zero-order valence-corrected chi connectivity index (χ0v) is 14.5. The minimum Gasteiger partial charge on any atom is -0.550 e. The van der Waals surface area contributed by atoms with Gasteiger partial charge in [-0.2, -0.15) is 4.39 Å². The molecule has 4 rings (SSSR count). The van der Waals surface area contributed by atoms with Crippen molar-refractivity contribution in [2.45, 2.75) is 0 Å². The fraction of sp³-hybridized carbons (Fsp3) is 0. The number of hydrogen-bond acceptors (Lipinski definition) is 3. The number of hydrogen-bond donors (Lipinski definition) is 0. The Morgan fingerprint density at radius 2 is 1.63 bits per heavy atom. The van der Waals surface area contributed by atoms with Crippen LogP contribution >= 0.6 is 0 Å². The summed E-state index contributed by atoms with van der Waals surface area (Å²) in [6.45, 7) is 3.12. The first-order valence-electron chi connectivity index (χ1n) is 8.59. The van der Waals surface area contributed by atoms with E-state index in [0.29, 0.717) is 11.2 Å². The number of rotatable bonds is 5. The van der Waals surface area contributed by atoms with Crippen molar-refractivity contribution in [2.24, 2.45) is 0 Å². The molecule has 5 heteroatoms. The smallest absolute Gasteiger partial charge is 0.431 e. The number of nitrogens with zero attached hydrogens (tertiary/aromatic N) is 2. The van der Waals surface area contributed by atoms with Gasteiger partial charge in [-0.1, -0.05) is 61.2 Å².